The summed E-state index contributed by atoms with van der Waals surface area (Å²) in [6.07, 6.45) is 2.13. The summed E-state index contributed by atoms with van der Waals surface area (Å²) < 4.78 is 21.5. The van der Waals surface area contributed by atoms with Gasteiger partial charge in [0.15, 0.2) is 0 Å². The summed E-state index contributed by atoms with van der Waals surface area (Å²) in [6, 6.07) is 5.11. The lowest BCUT2D eigenvalue weighted by molar-refractivity contribution is 0.0564. The molecule has 0 N–H and O–H groups in total. The summed E-state index contributed by atoms with van der Waals surface area (Å²) in [6.45, 7) is 1.53. The molecule has 1 aromatic heterocycles. The first kappa shape index (κ1) is 11.4. The van der Waals surface area contributed by atoms with Crippen LogP contribution in [0.4, 0.5) is 4.39 Å². The van der Waals surface area contributed by atoms with E-state index in [1.807, 2.05) is 4.68 Å². The van der Waals surface area contributed by atoms with Gasteiger partial charge in [-0.25, -0.2) is 4.39 Å². The molecule has 1 atom stereocenters. The van der Waals surface area contributed by atoms with Gasteiger partial charge in [0.1, 0.15) is 9.52 Å². The molecule has 1 unspecified atom stereocenters. The minimum atomic E-state index is -0.213. The van der Waals surface area contributed by atoms with Crippen LogP contribution in [0, 0.1) is 9.52 Å². The Labute approximate surface area is 112 Å². The molecule has 1 saturated heterocycles. The quantitative estimate of drug-likeness (QED) is 0.742. The molecule has 5 heteroatoms. The predicted molar refractivity (Wildman–Crippen MR) is 71.5 cm³/mol. The van der Waals surface area contributed by atoms with Crippen molar-refractivity contribution in [1.29, 1.82) is 0 Å². The summed E-state index contributed by atoms with van der Waals surface area (Å²) in [4.78, 5) is 0. The van der Waals surface area contributed by atoms with E-state index in [-0.39, 0.29) is 11.9 Å². The minimum Gasteiger partial charge on any atom is -0.379 e. The normalized spacial score (nSPS) is 20.9. The van der Waals surface area contributed by atoms with Gasteiger partial charge in [-0.2, -0.15) is 5.10 Å². The van der Waals surface area contributed by atoms with Crippen LogP contribution in [-0.4, -0.2) is 23.0 Å². The first-order chi connectivity index (χ1) is 8.25. The highest BCUT2D eigenvalue weighted by Gasteiger charge is 2.20. The van der Waals surface area contributed by atoms with Crippen molar-refractivity contribution in [2.75, 3.05) is 13.2 Å². The van der Waals surface area contributed by atoms with E-state index in [1.54, 1.807) is 12.1 Å². The third-order valence-electron chi connectivity index (χ3n) is 3.11. The first-order valence-electron chi connectivity index (χ1n) is 5.67. The highest BCUT2D eigenvalue weighted by atomic mass is 127. The summed E-state index contributed by atoms with van der Waals surface area (Å²) in [5, 5.41) is 5.40. The molecule has 1 aromatic carbocycles. The number of halogens is 2. The molecule has 2 aromatic rings. The molecule has 1 aliphatic rings. The second-order valence-electron chi connectivity index (χ2n) is 4.27. The Morgan fingerprint density at radius 1 is 1.47 bits per heavy atom. The molecule has 2 heterocycles. The van der Waals surface area contributed by atoms with Crippen LogP contribution < -0.4 is 0 Å². The van der Waals surface area contributed by atoms with Gasteiger partial charge in [0, 0.05) is 12.0 Å². The maximum Gasteiger partial charge on any atom is 0.131 e. The van der Waals surface area contributed by atoms with Crippen LogP contribution in [0.25, 0.3) is 10.9 Å². The molecule has 1 fully saturated rings. The van der Waals surface area contributed by atoms with Gasteiger partial charge in [0.25, 0.3) is 0 Å². The van der Waals surface area contributed by atoms with E-state index in [1.165, 1.54) is 6.07 Å². The van der Waals surface area contributed by atoms with Gasteiger partial charge in [0.05, 0.1) is 18.2 Å². The molecule has 1 aliphatic heterocycles. The molecular weight excluding hydrogens is 334 g/mol. The van der Waals surface area contributed by atoms with Gasteiger partial charge < -0.3 is 4.74 Å². The lowest BCUT2D eigenvalue weighted by Gasteiger charge is -2.23. The van der Waals surface area contributed by atoms with E-state index in [0.29, 0.717) is 6.61 Å². The topological polar surface area (TPSA) is 27.1 Å². The van der Waals surface area contributed by atoms with E-state index in [0.717, 1.165) is 34.1 Å². The van der Waals surface area contributed by atoms with Gasteiger partial charge in [-0.05, 0) is 53.6 Å². The zero-order valence-electron chi connectivity index (χ0n) is 9.20. The Balaban J connectivity index is 2.10. The molecule has 0 saturated carbocycles. The maximum absolute atomic E-state index is 13.2. The molecule has 0 amide bonds. The molecule has 3 nitrogen and oxygen atoms in total. The van der Waals surface area contributed by atoms with Crippen molar-refractivity contribution in [2.45, 2.75) is 18.9 Å². The number of aromatic nitrogens is 2. The Morgan fingerprint density at radius 2 is 2.35 bits per heavy atom. The summed E-state index contributed by atoms with van der Waals surface area (Å²) >= 11 is 2.15. The highest BCUT2D eigenvalue weighted by Crippen LogP contribution is 2.27. The Morgan fingerprint density at radius 3 is 3.12 bits per heavy atom. The molecule has 0 spiro atoms. The number of benzene rings is 1. The molecule has 0 radical (unpaired) electrons. The van der Waals surface area contributed by atoms with E-state index >= 15 is 0 Å². The molecule has 17 heavy (non-hydrogen) atoms. The lowest BCUT2D eigenvalue weighted by Crippen LogP contribution is -2.22. The average Bonchev–Trinajstić information content (AvgIpc) is 2.68. The fourth-order valence-corrected chi connectivity index (χ4v) is 2.94. The Hall–Kier alpha value is -0.690. The Bertz CT molecular complexity index is 549. The number of rotatable bonds is 1. The SMILES string of the molecule is Fc1ccc2c(c1)c(I)nn2C1CCCOC1. The third-order valence-corrected chi connectivity index (χ3v) is 3.90. The van der Waals surface area contributed by atoms with E-state index in [4.69, 9.17) is 4.74 Å². The van der Waals surface area contributed by atoms with Crippen LogP contribution >= 0.6 is 22.6 Å². The number of ether oxygens (including phenoxy) is 1. The molecule has 90 valence electrons. The van der Waals surface area contributed by atoms with Crippen LogP contribution in [0.5, 0.6) is 0 Å². The first-order valence-corrected chi connectivity index (χ1v) is 6.74. The molecule has 3 rings (SSSR count). The fraction of sp³-hybridized carbons (Fsp3) is 0.417. The van der Waals surface area contributed by atoms with Crippen molar-refractivity contribution >= 4 is 33.5 Å². The second kappa shape index (κ2) is 4.53. The van der Waals surface area contributed by atoms with Gasteiger partial charge in [-0.15, -0.1) is 0 Å². The monoisotopic (exact) mass is 346 g/mol. The van der Waals surface area contributed by atoms with Crippen LogP contribution in [0.15, 0.2) is 18.2 Å². The van der Waals surface area contributed by atoms with Gasteiger partial charge in [-0.3, -0.25) is 4.68 Å². The fourth-order valence-electron chi connectivity index (χ4n) is 2.27. The smallest absolute Gasteiger partial charge is 0.131 e. The van der Waals surface area contributed by atoms with Crippen LogP contribution in [-0.2, 0) is 4.74 Å². The highest BCUT2D eigenvalue weighted by molar-refractivity contribution is 14.1. The zero-order valence-corrected chi connectivity index (χ0v) is 11.4. The van der Waals surface area contributed by atoms with Crippen molar-refractivity contribution in [2.24, 2.45) is 0 Å². The van der Waals surface area contributed by atoms with Crippen LogP contribution in [0.1, 0.15) is 18.9 Å². The number of fused-ring (bicyclic) bond motifs is 1. The standard InChI is InChI=1S/C12H12FIN2O/c13-8-3-4-11-10(6-8)12(14)15-16(11)9-2-1-5-17-7-9/h3-4,6,9H,1-2,5,7H2. The molecule has 0 bridgehead atoms. The average molecular weight is 346 g/mol. The van der Waals surface area contributed by atoms with Gasteiger partial charge in [-0.1, -0.05) is 0 Å². The minimum absolute atomic E-state index is 0.213. The predicted octanol–water partition coefficient (Wildman–Crippen LogP) is 3.13. The lowest BCUT2D eigenvalue weighted by atomic mass is 10.1. The third kappa shape index (κ3) is 2.06. The molecular formula is C12H12FIN2O. The Kier molecular flexibility index (Phi) is 3.04. The maximum atomic E-state index is 13.2. The van der Waals surface area contributed by atoms with Crippen LogP contribution in [0.2, 0.25) is 0 Å². The zero-order chi connectivity index (χ0) is 11.8. The van der Waals surface area contributed by atoms with E-state index in [9.17, 15) is 4.39 Å². The second-order valence-corrected chi connectivity index (χ2v) is 5.29. The van der Waals surface area contributed by atoms with Gasteiger partial charge in [0.2, 0.25) is 0 Å². The van der Waals surface area contributed by atoms with Crippen molar-refractivity contribution in [1.82, 2.24) is 9.78 Å². The van der Waals surface area contributed by atoms with E-state index in [2.05, 4.69) is 27.7 Å². The van der Waals surface area contributed by atoms with Crippen molar-refractivity contribution < 1.29 is 9.13 Å². The summed E-state index contributed by atoms with van der Waals surface area (Å²) in [5.41, 5.74) is 0.992. The van der Waals surface area contributed by atoms with Crippen LogP contribution in [0.3, 0.4) is 0 Å². The molecule has 0 aliphatic carbocycles. The number of nitrogens with zero attached hydrogens (tertiary/aromatic N) is 2. The van der Waals surface area contributed by atoms with Gasteiger partial charge >= 0.3 is 0 Å². The largest absolute Gasteiger partial charge is 0.379 e. The van der Waals surface area contributed by atoms with Crippen molar-refractivity contribution in [3.8, 4) is 0 Å². The van der Waals surface area contributed by atoms with Crippen molar-refractivity contribution in [3.05, 3.63) is 27.7 Å². The van der Waals surface area contributed by atoms with Crippen molar-refractivity contribution in [3.63, 3.8) is 0 Å². The summed E-state index contributed by atoms with van der Waals surface area (Å²) in [7, 11) is 0. The summed E-state index contributed by atoms with van der Waals surface area (Å²) in [5.74, 6) is -0.213. The number of hydrogen-bond acceptors (Lipinski definition) is 2. The number of hydrogen-bond donors (Lipinski definition) is 0. The van der Waals surface area contributed by atoms with E-state index < -0.39 is 0 Å².